The SMILES string of the molecule is CC(=O)OC[C@H]1O[C@@H](S(=O)(=O)c2ccccc2)[C@H](OC(C)=O)[C@H]2OC(C)(C)O[C@H]21. The minimum absolute atomic E-state index is 0.00464. The number of carbonyl (C=O) groups excluding carboxylic acids is 2. The highest BCUT2D eigenvalue weighted by molar-refractivity contribution is 7.92. The fourth-order valence-electron chi connectivity index (χ4n) is 3.48. The monoisotopic (exact) mass is 428 g/mol. The first-order valence-electron chi connectivity index (χ1n) is 9.12. The van der Waals surface area contributed by atoms with Gasteiger partial charge in [0.25, 0.3) is 0 Å². The number of sulfone groups is 1. The summed E-state index contributed by atoms with van der Waals surface area (Å²) in [4.78, 5) is 23.0. The number of hydrogen-bond acceptors (Lipinski definition) is 9. The zero-order valence-electron chi connectivity index (χ0n) is 16.6. The molecule has 0 aromatic heterocycles. The molecule has 2 fully saturated rings. The highest BCUT2D eigenvalue weighted by Gasteiger charge is 2.60. The lowest BCUT2D eigenvalue weighted by molar-refractivity contribution is -0.196. The minimum Gasteiger partial charge on any atom is -0.463 e. The van der Waals surface area contributed by atoms with Crippen molar-refractivity contribution in [2.75, 3.05) is 6.61 Å². The van der Waals surface area contributed by atoms with Crippen LogP contribution in [0.15, 0.2) is 35.2 Å². The van der Waals surface area contributed by atoms with Gasteiger partial charge in [0.05, 0.1) is 4.90 Å². The van der Waals surface area contributed by atoms with Crippen molar-refractivity contribution < 1.29 is 41.7 Å². The number of hydrogen-bond donors (Lipinski definition) is 0. The van der Waals surface area contributed by atoms with Crippen molar-refractivity contribution >= 4 is 21.8 Å². The molecular formula is C19H24O9S. The second-order valence-electron chi connectivity index (χ2n) is 7.34. The predicted octanol–water partition coefficient (Wildman–Crippen LogP) is 1.20. The average molecular weight is 428 g/mol. The molecule has 2 heterocycles. The van der Waals surface area contributed by atoms with Gasteiger partial charge >= 0.3 is 11.9 Å². The third kappa shape index (κ3) is 4.61. The standard InChI is InChI=1S/C19H24O9S/c1-11(20)24-10-14-15-16(28-19(3,4)27-15)17(25-12(2)21)18(26-14)29(22,23)13-8-6-5-7-9-13/h5-9,14-18H,10H2,1-4H3/t14-,15+,16+,17-,18+/m1/s1. The lowest BCUT2D eigenvalue weighted by atomic mass is 10.00. The zero-order chi connectivity index (χ0) is 21.4. The zero-order valence-corrected chi connectivity index (χ0v) is 17.4. The molecule has 0 aliphatic carbocycles. The van der Waals surface area contributed by atoms with Crippen LogP contribution in [0, 0.1) is 0 Å². The summed E-state index contributed by atoms with van der Waals surface area (Å²) in [6, 6.07) is 7.68. The summed E-state index contributed by atoms with van der Waals surface area (Å²) in [5.74, 6) is -2.30. The molecule has 10 heteroatoms. The van der Waals surface area contributed by atoms with Crippen LogP contribution in [0.3, 0.4) is 0 Å². The molecule has 2 aliphatic heterocycles. The topological polar surface area (TPSA) is 114 Å². The second-order valence-corrected chi connectivity index (χ2v) is 9.37. The number of ether oxygens (including phenoxy) is 5. The predicted molar refractivity (Wildman–Crippen MR) is 98.3 cm³/mol. The Morgan fingerprint density at radius 1 is 1.03 bits per heavy atom. The van der Waals surface area contributed by atoms with Gasteiger partial charge in [-0.25, -0.2) is 8.42 Å². The van der Waals surface area contributed by atoms with Crippen LogP contribution in [-0.4, -0.2) is 62.6 Å². The Morgan fingerprint density at radius 3 is 2.24 bits per heavy atom. The molecule has 2 saturated heterocycles. The normalized spacial score (nSPS) is 31.0. The third-order valence-electron chi connectivity index (χ3n) is 4.56. The Kier molecular flexibility index (Phi) is 6.00. The van der Waals surface area contributed by atoms with E-state index in [-0.39, 0.29) is 11.5 Å². The molecule has 0 radical (unpaired) electrons. The van der Waals surface area contributed by atoms with Crippen molar-refractivity contribution in [3.8, 4) is 0 Å². The van der Waals surface area contributed by atoms with E-state index < -0.39 is 57.4 Å². The van der Waals surface area contributed by atoms with Gasteiger partial charge in [-0.1, -0.05) is 18.2 Å². The highest BCUT2D eigenvalue weighted by atomic mass is 32.2. The Bertz CT molecular complexity index is 865. The van der Waals surface area contributed by atoms with Gasteiger partial charge in [0.2, 0.25) is 15.3 Å². The Balaban J connectivity index is 2.02. The van der Waals surface area contributed by atoms with E-state index in [2.05, 4.69) is 0 Å². The van der Waals surface area contributed by atoms with Gasteiger partial charge in [0, 0.05) is 13.8 Å². The van der Waals surface area contributed by atoms with Crippen LogP contribution >= 0.6 is 0 Å². The first-order valence-corrected chi connectivity index (χ1v) is 10.7. The van der Waals surface area contributed by atoms with E-state index in [1.54, 1.807) is 32.0 Å². The smallest absolute Gasteiger partial charge is 0.303 e. The fourth-order valence-corrected chi connectivity index (χ4v) is 5.14. The van der Waals surface area contributed by atoms with Crippen molar-refractivity contribution in [2.24, 2.45) is 0 Å². The van der Waals surface area contributed by atoms with E-state index in [1.807, 2.05) is 0 Å². The van der Waals surface area contributed by atoms with Gasteiger partial charge in [0.15, 0.2) is 11.9 Å². The first kappa shape index (κ1) is 21.7. The average Bonchev–Trinajstić information content (AvgIpc) is 2.96. The van der Waals surface area contributed by atoms with Crippen molar-refractivity contribution in [1.82, 2.24) is 0 Å². The molecule has 0 spiro atoms. The molecule has 1 aromatic rings. The second kappa shape index (κ2) is 8.02. The van der Waals surface area contributed by atoms with E-state index in [0.717, 1.165) is 0 Å². The van der Waals surface area contributed by atoms with Crippen LogP contribution in [0.25, 0.3) is 0 Å². The van der Waals surface area contributed by atoms with Gasteiger partial charge in [-0.2, -0.15) is 0 Å². The van der Waals surface area contributed by atoms with Gasteiger partial charge in [-0.15, -0.1) is 0 Å². The molecule has 29 heavy (non-hydrogen) atoms. The Labute approximate surface area is 169 Å². The van der Waals surface area contributed by atoms with Gasteiger partial charge in [-0.05, 0) is 26.0 Å². The highest BCUT2D eigenvalue weighted by Crippen LogP contribution is 2.41. The quantitative estimate of drug-likeness (QED) is 0.638. The third-order valence-corrected chi connectivity index (χ3v) is 6.48. The number of fused-ring (bicyclic) bond motifs is 1. The fraction of sp³-hybridized carbons (Fsp3) is 0.579. The maximum atomic E-state index is 13.3. The summed E-state index contributed by atoms with van der Waals surface area (Å²) in [5.41, 5.74) is -1.56. The number of carbonyl (C=O) groups is 2. The molecule has 5 atom stereocenters. The van der Waals surface area contributed by atoms with E-state index in [0.29, 0.717) is 0 Å². The summed E-state index contributed by atoms with van der Waals surface area (Å²) in [6.45, 7) is 5.48. The molecule has 0 unspecified atom stereocenters. The maximum Gasteiger partial charge on any atom is 0.303 e. The molecule has 9 nitrogen and oxygen atoms in total. The molecule has 0 amide bonds. The van der Waals surface area contributed by atoms with Crippen LogP contribution in [0.5, 0.6) is 0 Å². The van der Waals surface area contributed by atoms with Crippen LogP contribution in [0.4, 0.5) is 0 Å². The first-order chi connectivity index (χ1) is 13.5. The molecule has 2 aliphatic rings. The minimum atomic E-state index is -4.08. The summed E-state index contributed by atoms with van der Waals surface area (Å²) >= 11 is 0. The van der Waals surface area contributed by atoms with Crippen LogP contribution in [-0.2, 0) is 43.1 Å². The number of esters is 2. The van der Waals surface area contributed by atoms with Crippen LogP contribution < -0.4 is 0 Å². The molecule has 1 aromatic carbocycles. The molecular weight excluding hydrogens is 404 g/mol. The van der Waals surface area contributed by atoms with Crippen LogP contribution in [0.1, 0.15) is 27.7 Å². The lowest BCUT2D eigenvalue weighted by Crippen LogP contribution is -2.60. The van der Waals surface area contributed by atoms with E-state index in [4.69, 9.17) is 23.7 Å². The Hall–Kier alpha value is -2.01. The maximum absolute atomic E-state index is 13.3. The molecule has 0 N–H and O–H groups in total. The van der Waals surface area contributed by atoms with Gasteiger partial charge < -0.3 is 23.7 Å². The van der Waals surface area contributed by atoms with Crippen molar-refractivity contribution in [2.45, 2.75) is 68.2 Å². The molecule has 3 rings (SSSR count). The largest absolute Gasteiger partial charge is 0.463 e. The summed E-state index contributed by atoms with van der Waals surface area (Å²) in [7, 11) is -4.08. The van der Waals surface area contributed by atoms with Crippen LogP contribution in [0.2, 0.25) is 0 Å². The van der Waals surface area contributed by atoms with Crippen molar-refractivity contribution in [3.05, 3.63) is 30.3 Å². The van der Waals surface area contributed by atoms with Crippen molar-refractivity contribution in [1.29, 1.82) is 0 Å². The number of benzene rings is 1. The molecule has 160 valence electrons. The number of rotatable bonds is 5. The van der Waals surface area contributed by atoms with Gasteiger partial charge in [-0.3, -0.25) is 9.59 Å². The lowest BCUT2D eigenvalue weighted by Gasteiger charge is -2.40. The summed E-state index contributed by atoms with van der Waals surface area (Å²) in [5, 5.41) is 0. The van der Waals surface area contributed by atoms with E-state index in [1.165, 1.54) is 26.0 Å². The van der Waals surface area contributed by atoms with E-state index >= 15 is 0 Å². The van der Waals surface area contributed by atoms with E-state index in [9.17, 15) is 18.0 Å². The molecule has 0 saturated carbocycles. The molecule has 0 bridgehead atoms. The van der Waals surface area contributed by atoms with Gasteiger partial charge in [0.1, 0.15) is 24.9 Å². The van der Waals surface area contributed by atoms with Crippen molar-refractivity contribution in [3.63, 3.8) is 0 Å². The summed E-state index contributed by atoms with van der Waals surface area (Å²) < 4.78 is 54.5. The Morgan fingerprint density at radius 2 is 1.66 bits per heavy atom. The summed E-state index contributed by atoms with van der Waals surface area (Å²) in [6.07, 6.45) is -3.92.